The Bertz CT molecular complexity index is 447. The van der Waals surface area contributed by atoms with Crippen LogP contribution in [0.4, 0.5) is 0 Å². The maximum Gasteiger partial charge on any atom is 0.212 e. The quantitative estimate of drug-likeness (QED) is 0.527. The molecule has 0 aromatic carbocycles. The first-order valence-electron chi connectivity index (χ1n) is 5.88. The Morgan fingerprint density at radius 3 is 1.85 bits per heavy atom. The average molecular weight is 290 g/mol. The van der Waals surface area contributed by atoms with Crippen LogP contribution in [0.1, 0.15) is 20.8 Å². The van der Waals surface area contributed by atoms with Crippen LogP contribution >= 0.6 is 0 Å². The van der Waals surface area contributed by atoms with Crippen LogP contribution < -0.4 is 0 Å². The van der Waals surface area contributed by atoms with Gasteiger partial charge in [0.1, 0.15) is 12.2 Å². The Morgan fingerprint density at radius 2 is 1.55 bits per heavy atom. The fraction of sp³-hybridized carbons (Fsp3) is 0.750. The number of carbonyl (C=O) groups excluding carboxylic acids is 3. The SMILES string of the molecule is COC1O[C@@H](C(O)C(C)=O)[C@](O)(C(C)=O)[C@]1(O)C(C)=O. The summed E-state index contributed by atoms with van der Waals surface area (Å²) in [7, 11) is 1.08. The normalized spacial score (nSPS) is 38.5. The lowest BCUT2D eigenvalue weighted by Crippen LogP contribution is -2.68. The molecule has 1 heterocycles. The van der Waals surface area contributed by atoms with Gasteiger partial charge in [0, 0.05) is 7.11 Å². The highest BCUT2D eigenvalue weighted by Crippen LogP contribution is 2.43. The summed E-state index contributed by atoms with van der Waals surface area (Å²) in [5.41, 5.74) is -5.50. The zero-order valence-electron chi connectivity index (χ0n) is 11.6. The molecular formula is C12H18O8. The number of Topliss-reactive ketones (excluding diaryl/α,β-unsaturated/α-hetero) is 3. The molecule has 0 saturated carbocycles. The van der Waals surface area contributed by atoms with Crippen LogP contribution in [0.5, 0.6) is 0 Å². The van der Waals surface area contributed by atoms with E-state index in [2.05, 4.69) is 0 Å². The van der Waals surface area contributed by atoms with Crippen LogP contribution in [0.3, 0.4) is 0 Å². The molecular weight excluding hydrogens is 272 g/mol. The van der Waals surface area contributed by atoms with Gasteiger partial charge in [-0.2, -0.15) is 0 Å². The van der Waals surface area contributed by atoms with Crippen LogP contribution in [-0.4, -0.2) is 69.5 Å². The van der Waals surface area contributed by atoms with E-state index in [1.165, 1.54) is 0 Å². The minimum atomic E-state index is -2.79. The molecule has 8 nitrogen and oxygen atoms in total. The Hall–Kier alpha value is -1.19. The first-order valence-corrected chi connectivity index (χ1v) is 5.88. The maximum atomic E-state index is 11.8. The Morgan fingerprint density at radius 1 is 1.10 bits per heavy atom. The topological polar surface area (TPSA) is 130 Å². The molecule has 0 spiro atoms. The van der Waals surface area contributed by atoms with Crippen molar-refractivity contribution in [2.45, 2.75) is 50.5 Å². The van der Waals surface area contributed by atoms with E-state index in [4.69, 9.17) is 9.47 Å². The van der Waals surface area contributed by atoms with Gasteiger partial charge in [-0.1, -0.05) is 0 Å². The lowest BCUT2D eigenvalue weighted by atomic mass is 9.73. The standard InChI is InChI=1S/C12H18O8/c1-5(13)8(16)9-11(17,6(2)14)12(18,7(3)15)10(19-4)20-9/h8-10,16-18H,1-4H3/t8?,9-,10?,11+,12-/m0/s1. The number of carbonyl (C=O) groups is 3. The second kappa shape index (κ2) is 5.30. The number of aliphatic hydroxyl groups excluding tert-OH is 1. The predicted molar refractivity (Wildman–Crippen MR) is 63.6 cm³/mol. The van der Waals surface area contributed by atoms with E-state index in [9.17, 15) is 29.7 Å². The van der Waals surface area contributed by atoms with E-state index in [1.54, 1.807) is 0 Å². The molecule has 3 N–H and O–H groups in total. The number of hydrogen-bond donors (Lipinski definition) is 3. The van der Waals surface area contributed by atoms with Gasteiger partial charge in [0.05, 0.1) is 0 Å². The first kappa shape index (κ1) is 16.9. The fourth-order valence-corrected chi connectivity index (χ4v) is 2.37. The van der Waals surface area contributed by atoms with Crippen LogP contribution in [0.25, 0.3) is 0 Å². The molecule has 1 saturated heterocycles. The summed E-state index contributed by atoms with van der Waals surface area (Å²) in [6.45, 7) is 2.86. The van der Waals surface area contributed by atoms with Crippen molar-refractivity contribution in [1.82, 2.24) is 0 Å². The lowest BCUT2D eigenvalue weighted by Gasteiger charge is -2.37. The molecule has 1 aliphatic rings. The lowest BCUT2D eigenvalue weighted by molar-refractivity contribution is -0.205. The minimum Gasteiger partial charge on any atom is -0.382 e. The smallest absolute Gasteiger partial charge is 0.212 e. The van der Waals surface area contributed by atoms with Crippen LogP contribution in [0.2, 0.25) is 0 Å². The second-order valence-corrected chi connectivity index (χ2v) is 4.82. The van der Waals surface area contributed by atoms with Gasteiger partial charge in [0.15, 0.2) is 29.2 Å². The fourth-order valence-electron chi connectivity index (χ4n) is 2.37. The molecule has 0 aliphatic carbocycles. The largest absolute Gasteiger partial charge is 0.382 e. The van der Waals surface area contributed by atoms with Crippen molar-refractivity contribution < 1.29 is 39.2 Å². The highest BCUT2D eigenvalue weighted by atomic mass is 16.7. The van der Waals surface area contributed by atoms with E-state index in [1.807, 2.05) is 0 Å². The summed E-state index contributed by atoms with van der Waals surface area (Å²) in [4.78, 5) is 34.7. The average Bonchev–Trinajstić information content (AvgIpc) is 2.60. The number of aliphatic hydroxyl groups is 3. The zero-order valence-corrected chi connectivity index (χ0v) is 11.6. The molecule has 20 heavy (non-hydrogen) atoms. The minimum absolute atomic E-state index is 0.794. The number of rotatable bonds is 5. The van der Waals surface area contributed by atoms with Crippen molar-refractivity contribution in [2.75, 3.05) is 7.11 Å². The van der Waals surface area contributed by atoms with Crippen molar-refractivity contribution in [3.05, 3.63) is 0 Å². The Labute approximate surface area is 115 Å². The molecule has 1 rings (SSSR count). The van der Waals surface area contributed by atoms with Crippen LogP contribution in [0.15, 0.2) is 0 Å². The summed E-state index contributed by atoms with van der Waals surface area (Å²) in [5, 5.41) is 30.7. The van der Waals surface area contributed by atoms with Gasteiger partial charge in [0.25, 0.3) is 0 Å². The van der Waals surface area contributed by atoms with Gasteiger partial charge >= 0.3 is 0 Å². The van der Waals surface area contributed by atoms with E-state index >= 15 is 0 Å². The van der Waals surface area contributed by atoms with Crippen molar-refractivity contribution in [2.24, 2.45) is 0 Å². The summed E-state index contributed by atoms with van der Waals surface area (Å²) in [6, 6.07) is 0. The van der Waals surface area contributed by atoms with E-state index in [0.717, 1.165) is 27.9 Å². The first-order chi connectivity index (χ1) is 9.04. The molecule has 0 aromatic heterocycles. The van der Waals surface area contributed by atoms with E-state index < -0.39 is 47.0 Å². The van der Waals surface area contributed by atoms with Gasteiger partial charge in [-0.3, -0.25) is 14.4 Å². The van der Waals surface area contributed by atoms with Crippen LogP contribution in [-0.2, 0) is 23.9 Å². The third kappa shape index (κ3) is 2.00. The molecule has 0 bridgehead atoms. The summed E-state index contributed by atoms with van der Waals surface area (Å²) in [5.74, 6) is -2.81. The number of methoxy groups -OCH3 is 1. The van der Waals surface area contributed by atoms with Crippen molar-refractivity contribution >= 4 is 17.3 Å². The van der Waals surface area contributed by atoms with Gasteiger partial charge in [-0.15, -0.1) is 0 Å². The molecule has 0 radical (unpaired) electrons. The summed E-state index contributed by atoms with van der Waals surface area (Å²) >= 11 is 0. The number of ketones is 3. The molecule has 5 atom stereocenters. The molecule has 2 unspecified atom stereocenters. The third-order valence-electron chi connectivity index (χ3n) is 3.59. The molecule has 0 amide bonds. The summed E-state index contributed by atoms with van der Waals surface area (Å²) < 4.78 is 9.82. The maximum absolute atomic E-state index is 11.8. The molecule has 1 aliphatic heterocycles. The Balaban J connectivity index is 3.48. The van der Waals surface area contributed by atoms with Crippen LogP contribution in [0, 0.1) is 0 Å². The van der Waals surface area contributed by atoms with Gasteiger partial charge in [-0.25, -0.2) is 0 Å². The monoisotopic (exact) mass is 290 g/mol. The van der Waals surface area contributed by atoms with Crippen molar-refractivity contribution in [3.8, 4) is 0 Å². The Kier molecular flexibility index (Phi) is 4.47. The van der Waals surface area contributed by atoms with E-state index in [-0.39, 0.29) is 0 Å². The predicted octanol–water partition coefficient (Wildman–Crippen LogP) is -2.05. The number of hydrogen-bond acceptors (Lipinski definition) is 8. The molecule has 1 fully saturated rings. The van der Waals surface area contributed by atoms with Gasteiger partial charge in [0.2, 0.25) is 5.60 Å². The van der Waals surface area contributed by atoms with Crippen molar-refractivity contribution in [1.29, 1.82) is 0 Å². The number of ether oxygens (including phenoxy) is 2. The van der Waals surface area contributed by atoms with Gasteiger partial charge in [-0.05, 0) is 20.8 Å². The zero-order chi connectivity index (χ0) is 15.9. The molecule has 114 valence electrons. The second-order valence-electron chi connectivity index (χ2n) is 4.82. The highest BCUT2D eigenvalue weighted by Gasteiger charge is 2.73. The van der Waals surface area contributed by atoms with Crippen molar-refractivity contribution in [3.63, 3.8) is 0 Å². The van der Waals surface area contributed by atoms with E-state index in [0.29, 0.717) is 0 Å². The van der Waals surface area contributed by atoms with Gasteiger partial charge < -0.3 is 24.8 Å². The summed E-state index contributed by atoms with van der Waals surface area (Å²) in [6.07, 6.45) is -5.39. The highest BCUT2D eigenvalue weighted by molar-refractivity contribution is 5.99. The third-order valence-corrected chi connectivity index (χ3v) is 3.59. The molecule has 8 heteroatoms. The molecule has 0 aromatic rings.